The summed E-state index contributed by atoms with van der Waals surface area (Å²) < 4.78 is 9.78. The van der Waals surface area contributed by atoms with Crippen molar-refractivity contribution < 1.29 is 19.1 Å². The molecule has 0 aromatic carbocycles. The molecule has 1 N–H and O–H groups in total. The minimum atomic E-state index is -0.648. The predicted octanol–water partition coefficient (Wildman–Crippen LogP) is 0.647. The zero-order valence-corrected chi connectivity index (χ0v) is 10.3. The van der Waals surface area contributed by atoms with Gasteiger partial charge in [-0.05, 0) is 19.8 Å². The number of methoxy groups -OCH3 is 1. The predicted molar refractivity (Wildman–Crippen MR) is 62.3 cm³/mol. The number of carbonyl (C=O) groups excluding carboxylic acids is 2. The molecule has 1 amide bonds. The fourth-order valence-corrected chi connectivity index (χ4v) is 1.71. The zero-order chi connectivity index (χ0) is 12.8. The van der Waals surface area contributed by atoms with E-state index in [1.54, 1.807) is 6.92 Å². The lowest BCUT2D eigenvalue weighted by atomic mass is 10.1. The number of hydrogen-bond acceptors (Lipinski definition) is 4. The van der Waals surface area contributed by atoms with Crippen LogP contribution in [-0.4, -0.2) is 38.2 Å². The highest BCUT2D eigenvalue weighted by atomic mass is 16.5. The Morgan fingerprint density at radius 2 is 2.29 bits per heavy atom. The Labute approximate surface area is 101 Å². The molecule has 0 aliphatic carbocycles. The molecular formula is C12H19NO4. The van der Waals surface area contributed by atoms with Crippen LogP contribution in [0, 0.1) is 5.92 Å². The van der Waals surface area contributed by atoms with Crippen LogP contribution in [0.3, 0.4) is 0 Å². The fourth-order valence-electron chi connectivity index (χ4n) is 1.71. The van der Waals surface area contributed by atoms with E-state index in [0.717, 1.165) is 5.57 Å². The third-order valence-corrected chi connectivity index (χ3v) is 2.66. The fraction of sp³-hybridized carbons (Fsp3) is 0.667. The van der Waals surface area contributed by atoms with Crippen LogP contribution >= 0.6 is 0 Å². The van der Waals surface area contributed by atoms with E-state index in [4.69, 9.17) is 4.74 Å². The molecule has 0 aromatic rings. The third kappa shape index (κ3) is 4.19. The van der Waals surface area contributed by atoms with Crippen LogP contribution in [0.2, 0.25) is 0 Å². The molecule has 96 valence electrons. The molecule has 0 unspecified atom stereocenters. The summed E-state index contributed by atoms with van der Waals surface area (Å²) in [7, 11) is 1.30. The van der Waals surface area contributed by atoms with Crippen molar-refractivity contribution in [1.82, 2.24) is 5.32 Å². The van der Waals surface area contributed by atoms with Crippen molar-refractivity contribution in [2.24, 2.45) is 5.92 Å². The van der Waals surface area contributed by atoms with E-state index in [-0.39, 0.29) is 11.8 Å². The summed E-state index contributed by atoms with van der Waals surface area (Å²) in [5.74, 6) is -0.758. The average Bonchev–Trinajstić information content (AvgIpc) is 2.79. The molecular weight excluding hydrogens is 222 g/mol. The van der Waals surface area contributed by atoms with E-state index < -0.39 is 12.0 Å². The molecule has 0 radical (unpaired) electrons. The van der Waals surface area contributed by atoms with Gasteiger partial charge in [-0.25, -0.2) is 4.79 Å². The van der Waals surface area contributed by atoms with Crippen LogP contribution in [-0.2, 0) is 19.1 Å². The Bertz CT molecular complexity index is 308. The minimum absolute atomic E-state index is 0.154. The van der Waals surface area contributed by atoms with Gasteiger partial charge in [0.2, 0.25) is 5.91 Å². The first-order chi connectivity index (χ1) is 8.04. The summed E-state index contributed by atoms with van der Waals surface area (Å²) in [6.45, 7) is 6.56. The molecule has 0 bridgehead atoms. The molecule has 17 heavy (non-hydrogen) atoms. The van der Waals surface area contributed by atoms with E-state index in [0.29, 0.717) is 26.1 Å². The number of rotatable bonds is 5. The van der Waals surface area contributed by atoms with E-state index in [9.17, 15) is 9.59 Å². The van der Waals surface area contributed by atoms with Gasteiger partial charge in [0.25, 0.3) is 0 Å². The Balaban J connectivity index is 2.55. The third-order valence-electron chi connectivity index (χ3n) is 2.66. The molecule has 1 saturated heterocycles. The first kappa shape index (κ1) is 13.7. The highest BCUT2D eigenvalue weighted by Gasteiger charge is 2.28. The van der Waals surface area contributed by atoms with Crippen LogP contribution in [0.1, 0.15) is 19.8 Å². The number of ether oxygens (including phenoxy) is 2. The van der Waals surface area contributed by atoms with E-state index in [1.165, 1.54) is 7.11 Å². The van der Waals surface area contributed by atoms with Crippen LogP contribution in [0.25, 0.3) is 0 Å². The van der Waals surface area contributed by atoms with Crippen molar-refractivity contribution >= 4 is 11.9 Å². The smallest absolute Gasteiger partial charge is 0.328 e. The maximum Gasteiger partial charge on any atom is 0.328 e. The molecule has 0 spiro atoms. The molecule has 1 heterocycles. The number of hydrogen-bond donors (Lipinski definition) is 1. The van der Waals surface area contributed by atoms with Gasteiger partial charge >= 0.3 is 5.97 Å². The van der Waals surface area contributed by atoms with Crippen molar-refractivity contribution in [2.45, 2.75) is 25.8 Å². The van der Waals surface area contributed by atoms with Gasteiger partial charge in [0.05, 0.1) is 19.6 Å². The second kappa shape index (κ2) is 6.39. The topological polar surface area (TPSA) is 64.6 Å². The summed E-state index contributed by atoms with van der Waals surface area (Å²) in [4.78, 5) is 23.3. The molecule has 1 aliphatic rings. The Morgan fingerprint density at radius 3 is 2.76 bits per heavy atom. The van der Waals surface area contributed by atoms with Gasteiger partial charge in [0.1, 0.15) is 6.04 Å². The lowest BCUT2D eigenvalue weighted by Crippen LogP contribution is -2.44. The molecule has 1 aliphatic heterocycles. The Morgan fingerprint density at radius 1 is 1.59 bits per heavy atom. The normalized spacial score (nSPS) is 20.7. The highest BCUT2D eigenvalue weighted by molar-refractivity contribution is 5.86. The van der Waals surface area contributed by atoms with Crippen molar-refractivity contribution in [3.63, 3.8) is 0 Å². The monoisotopic (exact) mass is 241 g/mol. The summed E-state index contributed by atoms with van der Waals surface area (Å²) in [5.41, 5.74) is 0.823. The quantitative estimate of drug-likeness (QED) is 0.567. The molecule has 5 nitrogen and oxygen atoms in total. The van der Waals surface area contributed by atoms with Crippen LogP contribution in [0.4, 0.5) is 0 Å². The number of amides is 1. The number of carbonyl (C=O) groups is 2. The molecule has 1 fully saturated rings. The SMILES string of the molecule is C=C(C)C[C@@H](NC(=O)[C@H]1CCOC1)C(=O)OC. The largest absolute Gasteiger partial charge is 0.467 e. The molecule has 1 rings (SSSR count). The summed E-state index contributed by atoms with van der Waals surface area (Å²) in [6.07, 6.45) is 1.10. The van der Waals surface area contributed by atoms with Gasteiger partial charge in [-0.1, -0.05) is 5.57 Å². The van der Waals surface area contributed by atoms with Gasteiger partial charge < -0.3 is 14.8 Å². The maximum absolute atomic E-state index is 11.8. The van der Waals surface area contributed by atoms with Crippen molar-refractivity contribution in [3.05, 3.63) is 12.2 Å². The van der Waals surface area contributed by atoms with Gasteiger partial charge in [-0.15, -0.1) is 6.58 Å². The van der Waals surface area contributed by atoms with Gasteiger partial charge in [0.15, 0.2) is 0 Å². The molecule has 0 saturated carbocycles. The standard InChI is InChI=1S/C12H19NO4/c1-8(2)6-10(12(15)16-3)13-11(14)9-4-5-17-7-9/h9-10H,1,4-7H2,2-3H3,(H,13,14)/t9-,10+/m0/s1. The lowest BCUT2D eigenvalue weighted by molar-refractivity contribution is -0.145. The first-order valence-corrected chi connectivity index (χ1v) is 5.65. The van der Waals surface area contributed by atoms with Gasteiger partial charge in [-0.3, -0.25) is 4.79 Å². The summed E-state index contributed by atoms with van der Waals surface area (Å²) in [6, 6.07) is -0.648. The Hall–Kier alpha value is -1.36. The minimum Gasteiger partial charge on any atom is -0.467 e. The van der Waals surface area contributed by atoms with Gasteiger partial charge in [-0.2, -0.15) is 0 Å². The summed E-state index contributed by atoms with van der Waals surface area (Å²) in [5, 5.41) is 2.69. The van der Waals surface area contributed by atoms with Crippen molar-refractivity contribution in [3.8, 4) is 0 Å². The first-order valence-electron chi connectivity index (χ1n) is 5.65. The van der Waals surface area contributed by atoms with E-state index in [2.05, 4.69) is 16.6 Å². The van der Waals surface area contributed by atoms with E-state index in [1.807, 2.05) is 0 Å². The van der Waals surface area contributed by atoms with Crippen LogP contribution in [0.15, 0.2) is 12.2 Å². The highest BCUT2D eigenvalue weighted by Crippen LogP contribution is 2.13. The Kier molecular flexibility index (Phi) is 5.15. The molecule has 2 atom stereocenters. The second-order valence-corrected chi connectivity index (χ2v) is 4.31. The maximum atomic E-state index is 11.8. The van der Waals surface area contributed by atoms with Crippen molar-refractivity contribution in [1.29, 1.82) is 0 Å². The van der Waals surface area contributed by atoms with Crippen molar-refractivity contribution in [2.75, 3.05) is 20.3 Å². The van der Waals surface area contributed by atoms with Crippen LogP contribution in [0.5, 0.6) is 0 Å². The van der Waals surface area contributed by atoms with Gasteiger partial charge in [0, 0.05) is 6.61 Å². The summed E-state index contributed by atoms with van der Waals surface area (Å²) >= 11 is 0. The second-order valence-electron chi connectivity index (χ2n) is 4.31. The number of esters is 1. The number of nitrogens with one attached hydrogen (secondary N) is 1. The zero-order valence-electron chi connectivity index (χ0n) is 10.3. The lowest BCUT2D eigenvalue weighted by Gasteiger charge is -2.18. The van der Waals surface area contributed by atoms with E-state index >= 15 is 0 Å². The van der Waals surface area contributed by atoms with Crippen LogP contribution < -0.4 is 5.32 Å². The molecule has 0 aromatic heterocycles. The average molecular weight is 241 g/mol. The molecule has 5 heteroatoms.